The molecule has 140 valence electrons. The monoisotopic (exact) mass is 356 g/mol. The summed E-state index contributed by atoms with van der Waals surface area (Å²) in [5.74, 6) is 1.03. The quantitative estimate of drug-likeness (QED) is 0.893. The highest BCUT2D eigenvalue weighted by molar-refractivity contribution is 5.78. The van der Waals surface area contributed by atoms with Gasteiger partial charge in [0.25, 0.3) is 0 Å². The second kappa shape index (κ2) is 7.91. The number of likely N-dealkylation sites (N-methyl/N-ethyl adjacent to an activating group) is 1. The lowest BCUT2D eigenvalue weighted by molar-refractivity contribution is -0.132. The first-order valence-corrected chi connectivity index (χ1v) is 9.18. The number of amides is 1. The molecule has 1 amide bonds. The highest BCUT2D eigenvalue weighted by Crippen LogP contribution is 2.28. The van der Waals surface area contributed by atoms with Crippen molar-refractivity contribution in [3.05, 3.63) is 35.5 Å². The van der Waals surface area contributed by atoms with Crippen molar-refractivity contribution < 1.29 is 9.53 Å². The van der Waals surface area contributed by atoms with Gasteiger partial charge in [0.15, 0.2) is 0 Å². The SMILES string of the molecule is COc1ccc(-c2n[nH]c3c2CCN(C(=O)CN(C)C(C)C)CC3)cc1. The molecular weight excluding hydrogens is 328 g/mol. The Morgan fingerprint density at radius 2 is 1.96 bits per heavy atom. The van der Waals surface area contributed by atoms with Gasteiger partial charge >= 0.3 is 0 Å². The molecule has 0 spiro atoms. The summed E-state index contributed by atoms with van der Waals surface area (Å²) in [6, 6.07) is 8.32. The fourth-order valence-corrected chi connectivity index (χ4v) is 3.22. The van der Waals surface area contributed by atoms with Crippen molar-refractivity contribution in [3.8, 4) is 17.0 Å². The molecule has 0 atom stereocenters. The number of benzene rings is 1. The van der Waals surface area contributed by atoms with Gasteiger partial charge in [0.1, 0.15) is 5.75 Å². The van der Waals surface area contributed by atoms with Crippen LogP contribution in [0.15, 0.2) is 24.3 Å². The summed E-state index contributed by atoms with van der Waals surface area (Å²) >= 11 is 0. The number of fused-ring (bicyclic) bond motifs is 1. The van der Waals surface area contributed by atoms with Gasteiger partial charge in [0.2, 0.25) is 5.91 Å². The summed E-state index contributed by atoms with van der Waals surface area (Å²) in [6.07, 6.45) is 1.64. The van der Waals surface area contributed by atoms with E-state index < -0.39 is 0 Å². The number of ether oxygens (including phenoxy) is 1. The molecule has 0 radical (unpaired) electrons. The van der Waals surface area contributed by atoms with E-state index in [0.29, 0.717) is 12.6 Å². The van der Waals surface area contributed by atoms with Gasteiger partial charge in [-0.15, -0.1) is 0 Å². The average Bonchev–Trinajstić information content (AvgIpc) is 2.92. The number of aromatic nitrogens is 2. The molecule has 0 fully saturated rings. The molecule has 1 N–H and O–H groups in total. The smallest absolute Gasteiger partial charge is 0.236 e. The molecule has 6 heteroatoms. The summed E-state index contributed by atoms with van der Waals surface area (Å²) in [5.41, 5.74) is 4.42. The molecule has 1 aromatic heterocycles. The number of hydrogen-bond donors (Lipinski definition) is 1. The molecule has 3 rings (SSSR count). The average molecular weight is 356 g/mol. The van der Waals surface area contributed by atoms with E-state index in [9.17, 15) is 4.79 Å². The number of H-pyrrole nitrogens is 1. The van der Waals surface area contributed by atoms with E-state index in [1.807, 2.05) is 36.2 Å². The second-order valence-corrected chi connectivity index (χ2v) is 7.15. The maximum Gasteiger partial charge on any atom is 0.236 e. The van der Waals surface area contributed by atoms with Gasteiger partial charge in [-0.3, -0.25) is 14.8 Å². The molecule has 26 heavy (non-hydrogen) atoms. The van der Waals surface area contributed by atoms with Crippen LogP contribution < -0.4 is 4.74 Å². The van der Waals surface area contributed by atoms with Crippen LogP contribution in [0, 0.1) is 0 Å². The Hall–Kier alpha value is -2.34. The van der Waals surface area contributed by atoms with E-state index in [4.69, 9.17) is 4.74 Å². The minimum absolute atomic E-state index is 0.199. The lowest BCUT2D eigenvalue weighted by Gasteiger charge is -2.26. The van der Waals surface area contributed by atoms with Gasteiger partial charge in [0, 0.05) is 42.4 Å². The summed E-state index contributed by atoms with van der Waals surface area (Å²) < 4.78 is 5.23. The van der Waals surface area contributed by atoms with Crippen molar-refractivity contribution in [3.63, 3.8) is 0 Å². The van der Waals surface area contributed by atoms with Crippen molar-refractivity contribution in [2.75, 3.05) is 33.8 Å². The molecule has 0 saturated carbocycles. The molecule has 2 heterocycles. The molecule has 0 unspecified atom stereocenters. The van der Waals surface area contributed by atoms with E-state index in [-0.39, 0.29) is 5.91 Å². The Labute approximate surface area is 155 Å². The van der Waals surface area contributed by atoms with Gasteiger partial charge in [-0.25, -0.2) is 0 Å². The third kappa shape index (κ3) is 3.90. The van der Waals surface area contributed by atoms with Crippen LogP contribution in [0.25, 0.3) is 11.3 Å². The van der Waals surface area contributed by atoms with E-state index in [1.54, 1.807) is 7.11 Å². The largest absolute Gasteiger partial charge is 0.497 e. The normalized spacial score (nSPS) is 14.5. The van der Waals surface area contributed by atoms with Crippen molar-refractivity contribution in [1.82, 2.24) is 20.0 Å². The van der Waals surface area contributed by atoms with Crippen LogP contribution in [0.3, 0.4) is 0 Å². The van der Waals surface area contributed by atoms with Gasteiger partial charge in [-0.1, -0.05) is 0 Å². The summed E-state index contributed by atoms with van der Waals surface area (Å²) in [4.78, 5) is 16.7. The van der Waals surface area contributed by atoms with E-state index in [2.05, 4.69) is 28.9 Å². The Morgan fingerprint density at radius 3 is 2.62 bits per heavy atom. The molecular formula is C20H28N4O2. The highest BCUT2D eigenvalue weighted by atomic mass is 16.5. The fourth-order valence-electron chi connectivity index (χ4n) is 3.22. The zero-order chi connectivity index (χ0) is 18.7. The molecule has 1 aliphatic rings. The minimum atomic E-state index is 0.199. The second-order valence-electron chi connectivity index (χ2n) is 7.15. The van der Waals surface area contributed by atoms with Crippen LogP contribution in [0.2, 0.25) is 0 Å². The number of hydrogen-bond acceptors (Lipinski definition) is 4. The highest BCUT2D eigenvalue weighted by Gasteiger charge is 2.23. The topological polar surface area (TPSA) is 61.5 Å². The van der Waals surface area contributed by atoms with Gasteiger partial charge in [-0.2, -0.15) is 5.10 Å². The predicted molar refractivity (Wildman–Crippen MR) is 102 cm³/mol. The lowest BCUT2D eigenvalue weighted by atomic mass is 10.0. The van der Waals surface area contributed by atoms with E-state index in [1.165, 1.54) is 5.56 Å². The number of nitrogens with one attached hydrogen (secondary N) is 1. The lowest BCUT2D eigenvalue weighted by Crippen LogP contribution is -2.42. The molecule has 0 saturated heterocycles. The van der Waals surface area contributed by atoms with Gasteiger partial charge < -0.3 is 9.64 Å². The number of carbonyl (C=O) groups excluding carboxylic acids is 1. The molecule has 2 aromatic rings. The Morgan fingerprint density at radius 1 is 1.27 bits per heavy atom. The van der Waals surface area contributed by atoms with Crippen LogP contribution in [-0.4, -0.2) is 65.7 Å². The van der Waals surface area contributed by atoms with Crippen molar-refractivity contribution in [2.24, 2.45) is 0 Å². The summed E-state index contributed by atoms with van der Waals surface area (Å²) in [7, 11) is 3.66. The van der Waals surface area contributed by atoms with Crippen molar-refractivity contribution in [1.29, 1.82) is 0 Å². The van der Waals surface area contributed by atoms with Crippen LogP contribution in [-0.2, 0) is 17.6 Å². The number of methoxy groups -OCH3 is 1. The van der Waals surface area contributed by atoms with Crippen LogP contribution in [0.5, 0.6) is 5.75 Å². The predicted octanol–water partition coefficient (Wildman–Crippen LogP) is 2.35. The number of nitrogens with zero attached hydrogens (tertiary/aromatic N) is 3. The molecule has 0 bridgehead atoms. The Kier molecular flexibility index (Phi) is 5.61. The van der Waals surface area contributed by atoms with Crippen molar-refractivity contribution >= 4 is 5.91 Å². The fraction of sp³-hybridized carbons (Fsp3) is 0.500. The maximum atomic E-state index is 12.6. The van der Waals surface area contributed by atoms with Gasteiger partial charge in [0.05, 0.1) is 19.3 Å². The van der Waals surface area contributed by atoms with E-state index >= 15 is 0 Å². The standard InChI is InChI=1S/C20H28N4O2/c1-14(2)23(3)13-19(25)24-11-9-17-18(10-12-24)21-22-20(17)15-5-7-16(26-4)8-6-15/h5-8,14H,9-13H2,1-4H3,(H,21,22). The minimum Gasteiger partial charge on any atom is -0.497 e. The van der Waals surface area contributed by atoms with Crippen LogP contribution >= 0.6 is 0 Å². The first-order valence-electron chi connectivity index (χ1n) is 9.18. The van der Waals surface area contributed by atoms with E-state index in [0.717, 1.165) is 48.6 Å². The van der Waals surface area contributed by atoms with Crippen LogP contribution in [0.4, 0.5) is 0 Å². The third-order valence-electron chi connectivity index (χ3n) is 5.20. The van der Waals surface area contributed by atoms with Gasteiger partial charge in [-0.05, 0) is 51.6 Å². The number of aromatic amines is 1. The first-order chi connectivity index (χ1) is 12.5. The molecule has 1 aromatic carbocycles. The molecule has 0 aliphatic carbocycles. The molecule has 1 aliphatic heterocycles. The number of rotatable bonds is 5. The zero-order valence-electron chi connectivity index (χ0n) is 16.1. The van der Waals surface area contributed by atoms with Crippen molar-refractivity contribution in [2.45, 2.75) is 32.7 Å². The zero-order valence-corrected chi connectivity index (χ0v) is 16.1. The molecule has 6 nitrogen and oxygen atoms in total. The maximum absolute atomic E-state index is 12.6. The van der Waals surface area contributed by atoms with Crippen LogP contribution in [0.1, 0.15) is 25.1 Å². The summed E-state index contributed by atoms with van der Waals surface area (Å²) in [5, 5.41) is 7.71. The Bertz CT molecular complexity index is 752. The first kappa shape index (κ1) is 18.5. The Balaban J connectivity index is 1.72. The summed E-state index contributed by atoms with van der Waals surface area (Å²) in [6.45, 7) is 6.15. The third-order valence-corrected chi connectivity index (χ3v) is 5.20. The number of carbonyl (C=O) groups is 1.